The highest BCUT2D eigenvalue weighted by Crippen LogP contribution is 2.18. The van der Waals surface area contributed by atoms with E-state index in [2.05, 4.69) is 18.7 Å². The molecule has 0 spiro atoms. The highest BCUT2D eigenvalue weighted by atomic mass is 32.2. The van der Waals surface area contributed by atoms with Crippen molar-refractivity contribution < 1.29 is 13.0 Å². The predicted molar refractivity (Wildman–Crippen MR) is 132 cm³/mol. The number of rotatable bonds is 14. The molecule has 1 fully saturated rings. The van der Waals surface area contributed by atoms with E-state index in [4.69, 9.17) is 0 Å². The second-order valence-corrected chi connectivity index (χ2v) is 10.3. The van der Waals surface area contributed by atoms with Crippen molar-refractivity contribution >= 4 is 10.1 Å². The minimum absolute atomic E-state index is 0.0610. The number of unbranched alkanes of at least 4 members (excludes halogenated alkanes) is 9. The molecule has 0 aromatic heterocycles. The summed E-state index contributed by atoms with van der Waals surface area (Å²) in [4.78, 5) is 2.63. The third kappa shape index (κ3) is 14.0. The van der Waals surface area contributed by atoms with Crippen LogP contribution in [0, 0.1) is 0 Å². The lowest BCUT2D eigenvalue weighted by Crippen LogP contribution is -2.30. The highest BCUT2D eigenvalue weighted by Gasteiger charge is 2.13. The van der Waals surface area contributed by atoms with Crippen LogP contribution >= 0.6 is 0 Å². The molecule has 1 heterocycles. The molecule has 1 saturated heterocycles. The Morgan fingerprint density at radius 1 is 0.774 bits per heavy atom. The molecule has 0 atom stereocenters. The predicted octanol–water partition coefficient (Wildman–Crippen LogP) is 7.28. The molecule has 180 valence electrons. The van der Waals surface area contributed by atoms with E-state index in [0.29, 0.717) is 6.42 Å². The second-order valence-electron chi connectivity index (χ2n) is 8.92. The van der Waals surface area contributed by atoms with E-state index in [1.165, 1.54) is 103 Å². The molecule has 1 aromatic carbocycles. The zero-order valence-corrected chi connectivity index (χ0v) is 21.0. The first kappa shape index (κ1) is 28.1. The van der Waals surface area contributed by atoms with Crippen LogP contribution in [0.5, 0.6) is 0 Å². The molecule has 1 aliphatic rings. The minimum Gasteiger partial charge on any atom is -0.303 e. The lowest BCUT2D eigenvalue weighted by atomic mass is 10.0. The summed E-state index contributed by atoms with van der Waals surface area (Å²) in [6.45, 7) is 8.52. The maximum Gasteiger partial charge on any atom is 0.294 e. The smallest absolute Gasteiger partial charge is 0.294 e. The van der Waals surface area contributed by atoms with Crippen LogP contribution in [0.3, 0.4) is 0 Å². The van der Waals surface area contributed by atoms with Crippen molar-refractivity contribution in [2.75, 3.05) is 19.6 Å². The molecule has 0 aliphatic carbocycles. The van der Waals surface area contributed by atoms with Gasteiger partial charge in [-0.05, 0) is 63.4 Å². The fraction of sp³-hybridized carbons (Fsp3) is 0.769. The summed E-state index contributed by atoms with van der Waals surface area (Å²) in [5.74, 6) is 0. The van der Waals surface area contributed by atoms with Gasteiger partial charge in [0.2, 0.25) is 0 Å². The fourth-order valence-electron chi connectivity index (χ4n) is 4.26. The Bertz CT molecular complexity index is 652. The van der Waals surface area contributed by atoms with E-state index in [1.807, 2.05) is 6.07 Å². The van der Waals surface area contributed by atoms with Crippen molar-refractivity contribution in [3.8, 4) is 0 Å². The van der Waals surface area contributed by atoms with Crippen LogP contribution in [-0.4, -0.2) is 37.5 Å². The molecule has 0 saturated carbocycles. The molecular weight excluding hydrogens is 406 g/mol. The SMILES string of the molecule is CCCCCCCCCCCCc1ccccc1S(=O)(=O)O.CCCN1CCCCC1. The summed E-state index contributed by atoms with van der Waals surface area (Å²) in [5.41, 5.74) is 0.726. The Balaban J connectivity index is 0.000000442. The number of likely N-dealkylation sites (tertiary alicyclic amines) is 1. The molecule has 1 N–H and O–H groups in total. The zero-order chi connectivity index (χ0) is 22.8. The summed E-state index contributed by atoms with van der Waals surface area (Å²) < 4.78 is 31.8. The lowest BCUT2D eigenvalue weighted by molar-refractivity contribution is 0.229. The number of hydrogen-bond acceptors (Lipinski definition) is 3. The van der Waals surface area contributed by atoms with Gasteiger partial charge in [-0.3, -0.25) is 4.55 Å². The van der Waals surface area contributed by atoms with Crippen molar-refractivity contribution in [2.24, 2.45) is 0 Å². The Labute approximate surface area is 192 Å². The molecule has 5 heteroatoms. The first-order chi connectivity index (χ1) is 15.0. The van der Waals surface area contributed by atoms with Crippen LogP contribution in [0.1, 0.15) is 109 Å². The van der Waals surface area contributed by atoms with Crippen LogP contribution < -0.4 is 0 Å². The third-order valence-corrected chi connectivity index (χ3v) is 6.99. The first-order valence-corrected chi connectivity index (χ1v) is 14.2. The van der Waals surface area contributed by atoms with Gasteiger partial charge in [-0.1, -0.05) is 96.3 Å². The van der Waals surface area contributed by atoms with Crippen molar-refractivity contribution in [3.63, 3.8) is 0 Å². The molecule has 0 amide bonds. The molecule has 0 radical (unpaired) electrons. The molecule has 4 nitrogen and oxygen atoms in total. The van der Waals surface area contributed by atoms with Gasteiger partial charge in [0.1, 0.15) is 0 Å². The van der Waals surface area contributed by atoms with Gasteiger partial charge in [-0.25, -0.2) is 0 Å². The molecule has 1 aromatic rings. The van der Waals surface area contributed by atoms with Crippen LogP contribution in [0.4, 0.5) is 0 Å². The van der Waals surface area contributed by atoms with Crippen LogP contribution in [0.2, 0.25) is 0 Å². The number of piperidine rings is 1. The van der Waals surface area contributed by atoms with Gasteiger partial charge in [0, 0.05) is 0 Å². The van der Waals surface area contributed by atoms with Gasteiger partial charge in [0.15, 0.2) is 0 Å². The van der Waals surface area contributed by atoms with E-state index in [9.17, 15) is 13.0 Å². The summed E-state index contributed by atoms with van der Waals surface area (Å²) in [6.07, 6.45) is 18.9. The van der Waals surface area contributed by atoms with Crippen molar-refractivity contribution in [1.82, 2.24) is 4.90 Å². The second kappa shape index (κ2) is 17.6. The van der Waals surface area contributed by atoms with Crippen molar-refractivity contribution in [2.45, 2.75) is 115 Å². The van der Waals surface area contributed by atoms with Crippen LogP contribution in [0.25, 0.3) is 0 Å². The fourth-order valence-corrected chi connectivity index (χ4v) is 5.02. The molecule has 2 rings (SSSR count). The third-order valence-electron chi connectivity index (χ3n) is 6.04. The molecule has 0 unspecified atom stereocenters. The van der Waals surface area contributed by atoms with E-state index in [0.717, 1.165) is 18.4 Å². The maximum absolute atomic E-state index is 11.3. The summed E-state index contributed by atoms with van der Waals surface area (Å²) in [5, 5.41) is 0. The summed E-state index contributed by atoms with van der Waals surface area (Å²) >= 11 is 0. The maximum atomic E-state index is 11.3. The number of nitrogens with zero attached hydrogens (tertiary/aromatic N) is 1. The van der Waals surface area contributed by atoms with Gasteiger partial charge in [-0.2, -0.15) is 8.42 Å². The molecule has 1 aliphatic heterocycles. The highest BCUT2D eigenvalue weighted by molar-refractivity contribution is 7.85. The average Bonchev–Trinajstić information content (AvgIpc) is 2.76. The Morgan fingerprint density at radius 3 is 1.87 bits per heavy atom. The zero-order valence-electron chi connectivity index (χ0n) is 20.2. The number of benzene rings is 1. The van der Waals surface area contributed by atoms with E-state index < -0.39 is 10.1 Å². The van der Waals surface area contributed by atoms with Gasteiger partial charge in [0.05, 0.1) is 4.90 Å². The molecule has 31 heavy (non-hydrogen) atoms. The summed E-state index contributed by atoms with van der Waals surface area (Å²) in [7, 11) is -4.10. The summed E-state index contributed by atoms with van der Waals surface area (Å²) in [6, 6.07) is 6.73. The quantitative estimate of drug-likeness (QED) is 0.237. The molecule has 0 bridgehead atoms. The number of hydrogen-bond donors (Lipinski definition) is 1. The average molecular weight is 454 g/mol. The monoisotopic (exact) mass is 453 g/mol. The van der Waals surface area contributed by atoms with Gasteiger partial charge in [0.25, 0.3) is 10.1 Å². The first-order valence-electron chi connectivity index (χ1n) is 12.8. The van der Waals surface area contributed by atoms with Crippen molar-refractivity contribution in [1.29, 1.82) is 0 Å². The van der Waals surface area contributed by atoms with E-state index in [1.54, 1.807) is 12.1 Å². The van der Waals surface area contributed by atoms with Gasteiger partial charge < -0.3 is 4.90 Å². The largest absolute Gasteiger partial charge is 0.303 e. The number of aryl methyl sites for hydroxylation is 1. The van der Waals surface area contributed by atoms with Crippen LogP contribution in [0.15, 0.2) is 29.2 Å². The van der Waals surface area contributed by atoms with Crippen LogP contribution in [-0.2, 0) is 16.5 Å². The standard InChI is InChI=1S/C18H30O3S.C8H17N/c1-2-3-4-5-6-7-8-9-10-11-14-17-15-12-13-16-18(17)22(19,20)21;1-2-6-9-7-4-3-5-8-9/h12-13,15-16H,2-11,14H2,1H3,(H,19,20,21);2-8H2,1H3. The minimum atomic E-state index is -4.10. The Morgan fingerprint density at radius 2 is 1.32 bits per heavy atom. The van der Waals surface area contributed by atoms with Crippen molar-refractivity contribution in [3.05, 3.63) is 29.8 Å². The van der Waals surface area contributed by atoms with Gasteiger partial charge in [-0.15, -0.1) is 0 Å². The van der Waals surface area contributed by atoms with E-state index in [-0.39, 0.29) is 4.90 Å². The van der Waals surface area contributed by atoms with Gasteiger partial charge >= 0.3 is 0 Å². The Kier molecular flexibility index (Phi) is 16.0. The topological polar surface area (TPSA) is 57.6 Å². The lowest BCUT2D eigenvalue weighted by Gasteiger charge is -2.25. The Hall–Kier alpha value is -0.910. The normalized spacial score (nSPS) is 14.8. The van der Waals surface area contributed by atoms with E-state index >= 15 is 0 Å². The molecular formula is C26H47NO3S.